The number of likely N-dealkylation sites (tertiary alicyclic amines) is 1. The number of carbonyl (C=O) groups is 1. The first-order chi connectivity index (χ1) is 15.6. The Morgan fingerprint density at radius 3 is 2.66 bits per heavy atom. The van der Waals surface area contributed by atoms with Crippen LogP contribution in [0.1, 0.15) is 25.3 Å². The molecule has 0 aliphatic carbocycles. The summed E-state index contributed by atoms with van der Waals surface area (Å²) in [5.41, 5.74) is 2.24. The highest BCUT2D eigenvalue weighted by atomic mass is 32.2. The fourth-order valence-electron chi connectivity index (χ4n) is 4.16. The van der Waals surface area contributed by atoms with Gasteiger partial charge in [-0.3, -0.25) is 9.79 Å². The number of nitrogens with zero attached hydrogens (tertiary/aromatic N) is 3. The zero-order valence-corrected chi connectivity index (χ0v) is 18.9. The summed E-state index contributed by atoms with van der Waals surface area (Å²) in [5, 5.41) is 3.79. The van der Waals surface area contributed by atoms with Crippen LogP contribution < -0.4 is 14.8 Å². The van der Waals surface area contributed by atoms with Crippen LogP contribution in [0.3, 0.4) is 0 Å². The predicted molar refractivity (Wildman–Crippen MR) is 128 cm³/mol. The number of benzene rings is 2. The van der Waals surface area contributed by atoms with E-state index >= 15 is 0 Å². The molecule has 0 aromatic heterocycles. The molecule has 0 radical (unpaired) electrons. The van der Waals surface area contributed by atoms with Crippen LogP contribution in [0.4, 0.5) is 5.69 Å². The van der Waals surface area contributed by atoms with Crippen LogP contribution in [-0.2, 0) is 4.79 Å². The molecule has 5 rings (SSSR count). The molecule has 2 aromatic rings. The van der Waals surface area contributed by atoms with E-state index in [2.05, 4.69) is 29.3 Å². The molecule has 0 unspecified atom stereocenters. The number of hydrogen-bond donors (Lipinski definition) is 1. The number of ether oxygens (including phenoxy) is 2. The molecular formula is C24H26N4O3S. The van der Waals surface area contributed by atoms with Gasteiger partial charge in [-0.1, -0.05) is 49.0 Å². The summed E-state index contributed by atoms with van der Waals surface area (Å²) in [6.07, 6.45) is 1.81. The molecule has 0 atom stereocenters. The van der Waals surface area contributed by atoms with Gasteiger partial charge in [0.25, 0.3) is 0 Å². The summed E-state index contributed by atoms with van der Waals surface area (Å²) in [7, 11) is 0. The summed E-state index contributed by atoms with van der Waals surface area (Å²) in [4.78, 5) is 25.3. The number of rotatable bonds is 5. The van der Waals surface area contributed by atoms with E-state index in [9.17, 15) is 4.79 Å². The Balaban J connectivity index is 1.29. The molecule has 1 spiro atoms. The Morgan fingerprint density at radius 2 is 1.88 bits per heavy atom. The van der Waals surface area contributed by atoms with Gasteiger partial charge >= 0.3 is 0 Å². The van der Waals surface area contributed by atoms with Gasteiger partial charge < -0.3 is 19.7 Å². The van der Waals surface area contributed by atoms with Crippen molar-refractivity contribution in [3.05, 3.63) is 54.1 Å². The lowest BCUT2D eigenvalue weighted by atomic mass is 9.98. The van der Waals surface area contributed by atoms with E-state index in [1.165, 1.54) is 11.8 Å². The highest BCUT2D eigenvalue weighted by molar-refractivity contribution is 8.16. The van der Waals surface area contributed by atoms with Gasteiger partial charge in [0, 0.05) is 43.2 Å². The SMILES string of the molecule is CCN1CCC2(CC1)N=C(SCC(=O)Nc1ccc3c(c1)OCO3)C(c1ccccc1)=N2. The highest BCUT2D eigenvalue weighted by Crippen LogP contribution is 2.36. The first-order valence-corrected chi connectivity index (χ1v) is 11.9. The first kappa shape index (κ1) is 21.0. The van der Waals surface area contributed by atoms with Crippen molar-refractivity contribution < 1.29 is 14.3 Å². The van der Waals surface area contributed by atoms with Crippen LogP contribution in [0.15, 0.2) is 58.5 Å². The molecule has 3 heterocycles. The van der Waals surface area contributed by atoms with Gasteiger partial charge in [-0.25, -0.2) is 4.99 Å². The number of piperidine rings is 1. The van der Waals surface area contributed by atoms with E-state index < -0.39 is 5.66 Å². The maximum atomic E-state index is 12.7. The lowest BCUT2D eigenvalue weighted by Crippen LogP contribution is -2.41. The molecular weight excluding hydrogens is 424 g/mol. The lowest BCUT2D eigenvalue weighted by Gasteiger charge is -2.34. The van der Waals surface area contributed by atoms with E-state index in [4.69, 9.17) is 19.5 Å². The van der Waals surface area contributed by atoms with E-state index in [1.54, 1.807) is 12.1 Å². The van der Waals surface area contributed by atoms with E-state index in [-0.39, 0.29) is 18.5 Å². The smallest absolute Gasteiger partial charge is 0.234 e. The Labute approximate surface area is 191 Å². The average Bonchev–Trinajstić information content (AvgIpc) is 3.43. The normalized spacial score (nSPS) is 19.0. The van der Waals surface area contributed by atoms with Crippen LogP contribution in [0.2, 0.25) is 0 Å². The lowest BCUT2D eigenvalue weighted by molar-refractivity contribution is -0.113. The summed E-state index contributed by atoms with van der Waals surface area (Å²) < 4.78 is 10.7. The Bertz CT molecular complexity index is 1060. The topological polar surface area (TPSA) is 75.5 Å². The highest BCUT2D eigenvalue weighted by Gasteiger charge is 2.39. The monoisotopic (exact) mass is 450 g/mol. The van der Waals surface area contributed by atoms with Crippen molar-refractivity contribution in [3.8, 4) is 11.5 Å². The van der Waals surface area contributed by atoms with Crippen molar-refractivity contribution in [3.63, 3.8) is 0 Å². The van der Waals surface area contributed by atoms with Gasteiger partial charge in [0.05, 0.1) is 11.5 Å². The number of thioether (sulfide) groups is 1. The van der Waals surface area contributed by atoms with Gasteiger partial charge in [0.1, 0.15) is 5.04 Å². The molecule has 3 aliphatic heterocycles. The number of hydrogen-bond acceptors (Lipinski definition) is 7. The van der Waals surface area contributed by atoms with Gasteiger partial charge in [-0.2, -0.15) is 0 Å². The molecule has 166 valence electrons. The summed E-state index contributed by atoms with van der Waals surface area (Å²) in [6, 6.07) is 15.5. The summed E-state index contributed by atoms with van der Waals surface area (Å²) >= 11 is 1.45. The predicted octanol–water partition coefficient (Wildman–Crippen LogP) is 3.80. The zero-order chi connectivity index (χ0) is 22.0. The Kier molecular flexibility index (Phi) is 5.89. The Morgan fingerprint density at radius 1 is 1.09 bits per heavy atom. The standard InChI is InChI=1S/C24H26N4O3S/c1-2-28-12-10-24(11-13-28)26-22(17-6-4-3-5-7-17)23(27-24)32-15-21(29)25-18-8-9-19-20(14-18)31-16-30-19/h3-9,14H,2,10-13,15-16H2,1H3,(H,25,29). The minimum atomic E-state index is -0.396. The molecule has 32 heavy (non-hydrogen) atoms. The second-order valence-electron chi connectivity index (χ2n) is 8.07. The molecule has 1 amide bonds. The molecule has 0 bridgehead atoms. The van der Waals surface area contributed by atoms with Crippen LogP contribution in [0.25, 0.3) is 0 Å². The van der Waals surface area contributed by atoms with Crippen molar-refractivity contribution in [1.82, 2.24) is 4.90 Å². The van der Waals surface area contributed by atoms with E-state index in [1.807, 2.05) is 24.3 Å². The van der Waals surface area contributed by atoms with Crippen LogP contribution >= 0.6 is 11.8 Å². The third-order valence-corrected chi connectivity index (χ3v) is 6.94. The fourth-order valence-corrected chi connectivity index (χ4v) is 5.04. The van der Waals surface area contributed by atoms with Gasteiger partial charge in [-0.15, -0.1) is 0 Å². The number of fused-ring (bicyclic) bond motifs is 1. The van der Waals surface area contributed by atoms with Gasteiger partial charge in [0.2, 0.25) is 12.7 Å². The maximum Gasteiger partial charge on any atom is 0.234 e. The third-order valence-electron chi connectivity index (χ3n) is 5.98. The minimum Gasteiger partial charge on any atom is -0.454 e. The van der Waals surface area contributed by atoms with Gasteiger partial charge in [-0.05, 0) is 18.7 Å². The van der Waals surface area contributed by atoms with E-state index in [0.717, 1.165) is 48.8 Å². The van der Waals surface area contributed by atoms with Crippen molar-refractivity contribution in [1.29, 1.82) is 0 Å². The number of amides is 1. The molecule has 0 saturated carbocycles. The molecule has 3 aliphatic rings. The molecule has 2 aromatic carbocycles. The van der Waals surface area contributed by atoms with Crippen molar-refractivity contribution in [2.24, 2.45) is 9.98 Å². The fraction of sp³-hybridized carbons (Fsp3) is 0.375. The van der Waals surface area contributed by atoms with Crippen LogP contribution in [-0.4, -0.2) is 59.4 Å². The second-order valence-corrected chi connectivity index (χ2v) is 9.03. The quantitative estimate of drug-likeness (QED) is 0.750. The summed E-state index contributed by atoms with van der Waals surface area (Å²) in [6.45, 7) is 5.44. The van der Waals surface area contributed by atoms with Crippen LogP contribution in [0, 0.1) is 0 Å². The van der Waals surface area contributed by atoms with E-state index in [0.29, 0.717) is 17.2 Å². The zero-order valence-electron chi connectivity index (χ0n) is 18.0. The Hall–Kier alpha value is -2.84. The van der Waals surface area contributed by atoms with Gasteiger partial charge in [0.15, 0.2) is 17.2 Å². The average molecular weight is 451 g/mol. The molecule has 1 saturated heterocycles. The largest absolute Gasteiger partial charge is 0.454 e. The molecule has 1 N–H and O–H groups in total. The number of nitrogens with one attached hydrogen (secondary N) is 1. The number of carbonyl (C=O) groups excluding carboxylic acids is 1. The number of anilines is 1. The van der Waals surface area contributed by atoms with Crippen molar-refractivity contribution >= 4 is 34.1 Å². The van der Waals surface area contributed by atoms with Crippen molar-refractivity contribution in [2.45, 2.75) is 25.4 Å². The second kappa shape index (κ2) is 8.96. The third kappa shape index (κ3) is 4.38. The summed E-state index contributed by atoms with van der Waals surface area (Å²) in [5.74, 6) is 1.51. The number of aliphatic imine (C=N–C) groups is 2. The minimum absolute atomic E-state index is 0.0919. The first-order valence-electron chi connectivity index (χ1n) is 10.9. The molecule has 8 heteroatoms. The van der Waals surface area contributed by atoms with Crippen LogP contribution in [0.5, 0.6) is 11.5 Å². The maximum absolute atomic E-state index is 12.7. The molecule has 7 nitrogen and oxygen atoms in total. The van der Waals surface area contributed by atoms with Crippen molar-refractivity contribution in [2.75, 3.05) is 37.5 Å². The molecule has 1 fully saturated rings.